The van der Waals surface area contributed by atoms with E-state index < -0.39 is 29.8 Å². The standard InChI is InChI=1S/C31H57N3O9/c32-27(35)20-19-26(31(40)41)34-29(37)25-43-24-23-42-22-21-33-28(36)17-15-13-11-9-7-5-3-1-2-4-6-8-10-12-14-16-18-30(38)39/h26H,1-25H2,(H2,32,35)(H,33,36)(H,34,37)(H,38,39)(H,40,41)/t26-/m0/s1. The Morgan fingerprint density at radius 1 is 0.581 bits per heavy atom. The molecule has 0 saturated carbocycles. The van der Waals surface area contributed by atoms with Crippen LogP contribution in [0.1, 0.15) is 128 Å². The van der Waals surface area contributed by atoms with Gasteiger partial charge in [0.1, 0.15) is 12.6 Å². The highest BCUT2D eigenvalue weighted by atomic mass is 16.5. The van der Waals surface area contributed by atoms with Crippen LogP contribution in [0.3, 0.4) is 0 Å². The van der Waals surface area contributed by atoms with Crippen molar-refractivity contribution in [3.63, 3.8) is 0 Å². The van der Waals surface area contributed by atoms with Crippen LogP contribution in [-0.2, 0) is 33.4 Å². The largest absolute Gasteiger partial charge is 0.481 e. The smallest absolute Gasteiger partial charge is 0.326 e. The van der Waals surface area contributed by atoms with Gasteiger partial charge in [-0.3, -0.25) is 19.2 Å². The monoisotopic (exact) mass is 615 g/mol. The van der Waals surface area contributed by atoms with Crippen molar-refractivity contribution in [3.05, 3.63) is 0 Å². The highest BCUT2D eigenvalue weighted by molar-refractivity contribution is 5.84. The fourth-order valence-electron chi connectivity index (χ4n) is 4.55. The van der Waals surface area contributed by atoms with Gasteiger partial charge in [0.05, 0.1) is 19.8 Å². The van der Waals surface area contributed by atoms with Crippen LogP contribution in [0.4, 0.5) is 0 Å². The lowest BCUT2D eigenvalue weighted by molar-refractivity contribution is -0.143. The number of carbonyl (C=O) groups excluding carboxylic acids is 3. The van der Waals surface area contributed by atoms with Gasteiger partial charge in [0.15, 0.2) is 0 Å². The van der Waals surface area contributed by atoms with Gasteiger partial charge in [0, 0.05) is 25.8 Å². The summed E-state index contributed by atoms with van der Waals surface area (Å²) >= 11 is 0. The number of ether oxygens (including phenoxy) is 2. The zero-order valence-electron chi connectivity index (χ0n) is 26.1. The first-order valence-electron chi connectivity index (χ1n) is 16.2. The SMILES string of the molecule is NC(=O)CC[C@H](NC(=O)COCCOCCNC(=O)CCCCCCCCCCCCCCCCCCC(=O)O)C(=O)O. The molecule has 0 rings (SSSR count). The van der Waals surface area contributed by atoms with Crippen molar-refractivity contribution in [1.82, 2.24) is 10.6 Å². The summed E-state index contributed by atoms with van der Waals surface area (Å²) in [4.78, 5) is 56.1. The summed E-state index contributed by atoms with van der Waals surface area (Å²) in [6.07, 6.45) is 19.4. The number of rotatable bonds is 32. The van der Waals surface area contributed by atoms with Crippen molar-refractivity contribution in [2.75, 3.05) is 33.0 Å². The number of carbonyl (C=O) groups is 5. The van der Waals surface area contributed by atoms with Crippen molar-refractivity contribution < 1.29 is 43.7 Å². The maximum absolute atomic E-state index is 11.9. The Balaban J connectivity index is 3.39. The molecular weight excluding hydrogens is 558 g/mol. The molecule has 0 fully saturated rings. The van der Waals surface area contributed by atoms with Gasteiger partial charge < -0.3 is 36.1 Å². The van der Waals surface area contributed by atoms with E-state index in [0.29, 0.717) is 26.0 Å². The number of amides is 3. The van der Waals surface area contributed by atoms with E-state index in [9.17, 15) is 24.0 Å². The van der Waals surface area contributed by atoms with Gasteiger partial charge in [0.2, 0.25) is 17.7 Å². The molecule has 0 heterocycles. The molecule has 12 nitrogen and oxygen atoms in total. The molecule has 12 heteroatoms. The van der Waals surface area contributed by atoms with E-state index in [1.807, 2.05) is 0 Å². The second-order valence-electron chi connectivity index (χ2n) is 11.0. The van der Waals surface area contributed by atoms with E-state index in [2.05, 4.69) is 10.6 Å². The molecule has 3 amide bonds. The topological polar surface area (TPSA) is 194 Å². The van der Waals surface area contributed by atoms with Crippen molar-refractivity contribution in [1.29, 1.82) is 0 Å². The number of aliphatic carboxylic acids is 2. The molecule has 0 aliphatic rings. The van der Waals surface area contributed by atoms with E-state index in [1.54, 1.807) is 0 Å². The van der Waals surface area contributed by atoms with E-state index in [1.165, 1.54) is 64.2 Å². The quantitative estimate of drug-likeness (QED) is 0.0693. The first kappa shape index (κ1) is 40.3. The molecule has 250 valence electrons. The zero-order chi connectivity index (χ0) is 32.0. The lowest BCUT2D eigenvalue weighted by atomic mass is 10.0. The summed E-state index contributed by atoms with van der Waals surface area (Å²) in [5, 5.41) is 22.8. The van der Waals surface area contributed by atoms with E-state index in [0.717, 1.165) is 38.5 Å². The lowest BCUT2D eigenvalue weighted by Gasteiger charge is -2.13. The fourth-order valence-corrected chi connectivity index (χ4v) is 4.55. The number of unbranched alkanes of at least 4 members (excludes halogenated alkanes) is 15. The molecule has 0 bridgehead atoms. The molecular formula is C31H57N3O9. The fraction of sp³-hybridized carbons (Fsp3) is 0.839. The minimum atomic E-state index is -1.25. The second-order valence-corrected chi connectivity index (χ2v) is 11.0. The number of primary amides is 1. The van der Waals surface area contributed by atoms with Gasteiger partial charge in [-0.05, 0) is 19.3 Å². The molecule has 0 saturated heterocycles. The van der Waals surface area contributed by atoms with E-state index in [4.69, 9.17) is 25.4 Å². The average Bonchev–Trinajstić information content (AvgIpc) is 2.95. The third kappa shape index (κ3) is 30.5. The molecule has 6 N–H and O–H groups in total. The molecule has 0 spiro atoms. The molecule has 0 unspecified atom stereocenters. The summed E-state index contributed by atoms with van der Waals surface area (Å²) in [7, 11) is 0. The molecule has 0 aromatic rings. The first-order chi connectivity index (χ1) is 20.7. The molecule has 0 aromatic heterocycles. The van der Waals surface area contributed by atoms with E-state index >= 15 is 0 Å². The van der Waals surface area contributed by atoms with Gasteiger partial charge in [-0.15, -0.1) is 0 Å². The van der Waals surface area contributed by atoms with Crippen molar-refractivity contribution in [2.24, 2.45) is 5.73 Å². The predicted octanol–water partition coefficient (Wildman–Crippen LogP) is 4.08. The summed E-state index contributed by atoms with van der Waals surface area (Å²) in [6, 6.07) is -1.20. The van der Waals surface area contributed by atoms with Gasteiger partial charge in [-0.2, -0.15) is 0 Å². The Morgan fingerprint density at radius 3 is 1.51 bits per heavy atom. The maximum atomic E-state index is 11.9. The van der Waals surface area contributed by atoms with Gasteiger partial charge in [-0.25, -0.2) is 4.79 Å². The molecule has 0 aromatic carbocycles. The predicted molar refractivity (Wildman–Crippen MR) is 163 cm³/mol. The second kappa shape index (κ2) is 29.3. The Morgan fingerprint density at radius 2 is 1.05 bits per heavy atom. The molecule has 1 atom stereocenters. The Bertz CT molecular complexity index is 765. The summed E-state index contributed by atoms with van der Waals surface area (Å²) in [5.41, 5.74) is 5.00. The number of hydrogen-bond donors (Lipinski definition) is 5. The molecule has 43 heavy (non-hydrogen) atoms. The normalized spacial score (nSPS) is 11.6. The van der Waals surface area contributed by atoms with Crippen LogP contribution in [0.5, 0.6) is 0 Å². The van der Waals surface area contributed by atoms with Gasteiger partial charge in [0.25, 0.3) is 0 Å². The number of nitrogens with two attached hydrogens (primary N) is 1. The Kier molecular flexibility index (Phi) is 27.5. The van der Waals surface area contributed by atoms with Crippen LogP contribution in [0.25, 0.3) is 0 Å². The lowest BCUT2D eigenvalue weighted by Crippen LogP contribution is -2.43. The molecule has 0 radical (unpaired) electrons. The van der Waals surface area contributed by atoms with Crippen LogP contribution in [0.15, 0.2) is 0 Å². The van der Waals surface area contributed by atoms with Crippen molar-refractivity contribution in [2.45, 2.75) is 134 Å². The van der Waals surface area contributed by atoms with E-state index in [-0.39, 0.29) is 38.6 Å². The zero-order valence-corrected chi connectivity index (χ0v) is 26.1. The number of carboxylic acid groups (broad SMARTS) is 2. The summed E-state index contributed by atoms with van der Waals surface area (Å²) in [5.74, 6) is -3.18. The highest BCUT2D eigenvalue weighted by Gasteiger charge is 2.20. The maximum Gasteiger partial charge on any atom is 0.326 e. The first-order valence-corrected chi connectivity index (χ1v) is 16.2. The van der Waals surface area contributed by atoms with Crippen LogP contribution >= 0.6 is 0 Å². The average molecular weight is 616 g/mol. The van der Waals surface area contributed by atoms with Crippen LogP contribution < -0.4 is 16.4 Å². The number of nitrogens with one attached hydrogen (secondary N) is 2. The van der Waals surface area contributed by atoms with Crippen LogP contribution in [0, 0.1) is 0 Å². The van der Waals surface area contributed by atoms with Gasteiger partial charge >= 0.3 is 11.9 Å². The highest BCUT2D eigenvalue weighted by Crippen LogP contribution is 2.14. The molecule has 0 aliphatic heterocycles. The molecule has 0 aliphatic carbocycles. The third-order valence-corrected chi connectivity index (χ3v) is 7.03. The summed E-state index contributed by atoms with van der Waals surface area (Å²) < 4.78 is 10.5. The van der Waals surface area contributed by atoms with Crippen molar-refractivity contribution >= 4 is 29.7 Å². The minimum Gasteiger partial charge on any atom is -0.481 e. The van der Waals surface area contributed by atoms with Crippen molar-refractivity contribution in [3.8, 4) is 0 Å². The minimum absolute atomic E-state index is 0.0130. The third-order valence-electron chi connectivity index (χ3n) is 7.03. The Labute approximate surface area is 257 Å². The van der Waals surface area contributed by atoms with Crippen LogP contribution in [0.2, 0.25) is 0 Å². The summed E-state index contributed by atoms with van der Waals surface area (Å²) in [6.45, 7) is 0.758. The Hall–Kier alpha value is -2.73. The number of carboxylic acids is 2. The van der Waals surface area contributed by atoms with Gasteiger partial charge in [-0.1, -0.05) is 89.9 Å². The number of hydrogen-bond acceptors (Lipinski definition) is 7. The van der Waals surface area contributed by atoms with Crippen LogP contribution in [-0.4, -0.2) is 78.9 Å².